The zero-order chi connectivity index (χ0) is 18.2. The van der Waals surface area contributed by atoms with Crippen molar-refractivity contribution >= 4 is 17.9 Å². The predicted octanol–water partition coefficient (Wildman–Crippen LogP) is 2.13. The van der Waals surface area contributed by atoms with E-state index >= 15 is 0 Å². The average molecular weight is 350 g/mol. The molecule has 3 rings (SSSR count). The van der Waals surface area contributed by atoms with Crippen LogP contribution in [0.2, 0.25) is 0 Å². The summed E-state index contributed by atoms with van der Waals surface area (Å²) in [4.78, 5) is 31.6. The van der Waals surface area contributed by atoms with Crippen molar-refractivity contribution in [3.8, 4) is 0 Å². The predicted molar refractivity (Wildman–Crippen MR) is 95.9 cm³/mol. The molecule has 3 aromatic heterocycles. The van der Waals surface area contributed by atoms with Gasteiger partial charge in [-0.15, -0.1) is 0 Å². The van der Waals surface area contributed by atoms with Crippen LogP contribution in [0.5, 0.6) is 0 Å². The molecule has 0 aliphatic rings. The van der Waals surface area contributed by atoms with Gasteiger partial charge in [0.05, 0.1) is 6.26 Å². The molecule has 0 aromatic carbocycles. The molecule has 0 aliphatic heterocycles. The van der Waals surface area contributed by atoms with Gasteiger partial charge in [0, 0.05) is 30.8 Å². The number of aromatic nitrogens is 2. The number of pyridine rings is 1. The first kappa shape index (κ1) is 17.2. The van der Waals surface area contributed by atoms with Crippen LogP contribution in [0.25, 0.3) is 6.08 Å². The molecule has 7 nitrogen and oxygen atoms in total. The van der Waals surface area contributed by atoms with E-state index < -0.39 is 5.91 Å². The summed E-state index contributed by atoms with van der Waals surface area (Å²) in [7, 11) is 0. The van der Waals surface area contributed by atoms with Crippen molar-refractivity contribution in [2.24, 2.45) is 0 Å². The first-order valence-corrected chi connectivity index (χ1v) is 8.09. The van der Waals surface area contributed by atoms with Crippen molar-refractivity contribution in [2.75, 3.05) is 6.54 Å². The van der Waals surface area contributed by atoms with Crippen LogP contribution in [-0.4, -0.2) is 28.3 Å². The highest BCUT2D eigenvalue weighted by molar-refractivity contribution is 6.04. The van der Waals surface area contributed by atoms with Crippen molar-refractivity contribution in [3.63, 3.8) is 0 Å². The van der Waals surface area contributed by atoms with Gasteiger partial charge < -0.3 is 20.0 Å². The first-order valence-electron chi connectivity index (χ1n) is 8.09. The lowest BCUT2D eigenvalue weighted by Crippen LogP contribution is -2.35. The second-order valence-electron chi connectivity index (χ2n) is 5.48. The van der Waals surface area contributed by atoms with Crippen LogP contribution in [0.1, 0.15) is 21.8 Å². The standard InChI is InChI=1S/C19H18N4O3/c24-18(22-11-7-14-5-9-20-10-6-14)16(13-15-3-1-8-21-15)23-19(25)17-4-2-12-26-17/h1-6,8-10,12-13,21H,7,11H2,(H,22,24)(H,23,25). The molecule has 132 valence electrons. The van der Waals surface area contributed by atoms with E-state index in [1.165, 1.54) is 12.3 Å². The number of H-pyrrole nitrogens is 1. The van der Waals surface area contributed by atoms with Crippen LogP contribution in [0.15, 0.2) is 71.4 Å². The summed E-state index contributed by atoms with van der Waals surface area (Å²) in [6, 6.07) is 10.5. The van der Waals surface area contributed by atoms with Gasteiger partial charge in [-0.2, -0.15) is 0 Å². The summed E-state index contributed by atoms with van der Waals surface area (Å²) >= 11 is 0. The monoisotopic (exact) mass is 350 g/mol. The van der Waals surface area contributed by atoms with Gasteiger partial charge in [0.2, 0.25) is 0 Å². The lowest BCUT2D eigenvalue weighted by molar-refractivity contribution is -0.117. The minimum absolute atomic E-state index is 0.128. The molecule has 0 saturated heterocycles. The molecule has 0 fully saturated rings. The molecule has 0 saturated carbocycles. The number of carbonyl (C=O) groups excluding carboxylic acids is 2. The van der Waals surface area contributed by atoms with Crippen LogP contribution < -0.4 is 10.6 Å². The first-order chi connectivity index (χ1) is 12.7. The van der Waals surface area contributed by atoms with Crippen LogP contribution in [0.4, 0.5) is 0 Å². The fourth-order valence-corrected chi connectivity index (χ4v) is 2.30. The number of carbonyl (C=O) groups is 2. The number of rotatable bonds is 7. The van der Waals surface area contributed by atoms with Gasteiger partial charge in [0.25, 0.3) is 11.8 Å². The lowest BCUT2D eigenvalue weighted by atomic mass is 10.2. The van der Waals surface area contributed by atoms with Gasteiger partial charge in [0.1, 0.15) is 5.70 Å². The molecule has 0 unspecified atom stereocenters. The molecule has 0 bridgehead atoms. The van der Waals surface area contributed by atoms with E-state index in [1.807, 2.05) is 12.1 Å². The van der Waals surface area contributed by atoms with Gasteiger partial charge in [-0.05, 0) is 54.5 Å². The number of furan rings is 1. The average Bonchev–Trinajstić information content (AvgIpc) is 3.36. The molecule has 3 aromatic rings. The Labute approximate surface area is 150 Å². The van der Waals surface area contributed by atoms with E-state index in [-0.39, 0.29) is 17.4 Å². The molecule has 0 radical (unpaired) electrons. The van der Waals surface area contributed by atoms with Crippen molar-refractivity contribution in [1.82, 2.24) is 20.6 Å². The molecule has 3 N–H and O–H groups in total. The SMILES string of the molecule is O=C(NCCc1ccncc1)C(=Cc1ccc[nH]1)NC(=O)c1ccco1. The fourth-order valence-electron chi connectivity index (χ4n) is 2.30. The number of nitrogens with zero attached hydrogens (tertiary/aromatic N) is 1. The van der Waals surface area contributed by atoms with Crippen LogP contribution in [0, 0.1) is 0 Å². The molecule has 26 heavy (non-hydrogen) atoms. The quantitative estimate of drug-likeness (QED) is 0.568. The molecule has 0 spiro atoms. The van der Waals surface area contributed by atoms with E-state index in [1.54, 1.807) is 42.9 Å². The molecular formula is C19H18N4O3. The van der Waals surface area contributed by atoms with E-state index in [2.05, 4.69) is 20.6 Å². The molecule has 0 atom stereocenters. The smallest absolute Gasteiger partial charge is 0.291 e. The molecular weight excluding hydrogens is 332 g/mol. The summed E-state index contributed by atoms with van der Waals surface area (Å²) in [6.45, 7) is 0.432. The highest BCUT2D eigenvalue weighted by Gasteiger charge is 2.16. The summed E-state index contributed by atoms with van der Waals surface area (Å²) in [5.41, 5.74) is 1.89. The fraction of sp³-hybridized carbons (Fsp3) is 0.105. The van der Waals surface area contributed by atoms with Gasteiger partial charge in [-0.3, -0.25) is 14.6 Å². The Morgan fingerprint density at radius 1 is 1.15 bits per heavy atom. The minimum atomic E-state index is -0.489. The summed E-state index contributed by atoms with van der Waals surface area (Å²) < 4.78 is 5.07. The van der Waals surface area contributed by atoms with Crippen molar-refractivity contribution in [1.29, 1.82) is 0 Å². The van der Waals surface area contributed by atoms with Crippen molar-refractivity contribution in [2.45, 2.75) is 6.42 Å². The zero-order valence-corrected chi connectivity index (χ0v) is 13.9. The third-order valence-corrected chi connectivity index (χ3v) is 3.61. The Bertz CT molecular complexity index is 869. The summed E-state index contributed by atoms with van der Waals surface area (Å²) in [5, 5.41) is 5.40. The molecule has 3 heterocycles. The topological polar surface area (TPSA) is 100 Å². The molecule has 0 aliphatic carbocycles. The summed E-state index contributed by atoms with van der Waals surface area (Å²) in [6.07, 6.45) is 8.78. The van der Waals surface area contributed by atoms with E-state index in [4.69, 9.17) is 4.42 Å². The number of hydrogen-bond acceptors (Lipinski definition) is 4. The Kier molecular flexibility index (Phi) is 5.61. The van der Waals surface area contributed by atoms with Gasteiger partial charge in [-0.1, -0.05) is 0 Å². The number of hydrogen-bond donors (Lipinski definition) is 3. The van der Waals surface area contributed by atoms with Crippen molar-refractivity contribution in [3.05, 3.63) is 84.0 Å². The Hall–Kier alpha value is -3.61. The maximum Gasteiger partial charge on any atom is 0.291 e. The number of nitrogens with one attached hydrogen (secondary N) is 3. The van der Waals surface area contributed by atoms with E-state index in [9.17, 15) is 9.59 Å². The van der Waals surface area contributed by atoms with Gasteiger partial charge >= 0.3 is 0 Å². The van der Waals surface area contributed by atoms with E-state index in [0.717, 1.165) is 5.56 Å². The molecule has 7 heteroatoms. The summed E-state index contributed by atoms with van der Waals surface area (Å²) in [5.74, 6) is -0.738. The number of amides is 2. The minimum Gasteiger partial charge on any atom is -0.459 e. The lowest BCUT2D eigenvalue weighted by Gasteiger charge is -2.10. The number of aromatic amines is 1. The second-order valence-corrected chi connectivity index (χ2v) is 5.48. The van der Waals surface area contributed by atoms with Crippen LogP contribution in [0.3, 0.4) is 0 Å². The highest BCUT2D eigenvalue weighted by Crippen LogP contribution is 2.06. The van der Waals surface area contributed by atoms with Gasteiger partial charge in [0.15, 0.2) is 5.76 Å². The van der Waals surface area contributed by atoms with E-state index in [0.29, 0.717) is 18.7 Å². The maximum absolute atomic E-state index is 12.5. The largest absolute Gasteiger partial charge is 0.459 e. The van der Waals surface area contributed by atoms with Crippen molar-refractivity contribution < 1.29 is 14.0 Å². The normalized spacial score (nSPS) is 11.2. The van der Waals surface area contributed by atoms with Crippen LogP contribution >= 0.6 is 0 Å². The zero-order valence-electron chi connectivity index (χ0n) is 13.9. The van der Waals surface area contributed by atoms with Crippen LogP contribution in [-0.2, 0) is 11.2 Å². The van der Waals surface area contributed by atoms with Gasteiger partial charge in [-0.25, -0.2) is 0 Å². The molecule has 2 amide bonds. The maximum atomic E-state index is 12.5. The Morgan fingerprint density at radius 3 is 2.69 bits per heavy atom. The second kappa shape index (κ2) is 8.48. The highest BCUT2D eigenvalue weighted by atomic mass is 16.3. The third kappa shape index (κ3) is 4.70. The third-order valence-electron chi connectivity index (χ3n) is 3.61. The Balaban J connectivity index is 1.66. The Morgan fingerprint density at radius 2 is 2.00 bits per heavy atom.